The van der Waals surface area contributed by atoms with Crippen LogP contribution in [0.5, 0.6) is 0 Å². The Labute approximate surface area is 299 Å². The van der Waals surface area contributed by atoms with E-state index in [-0.39, 0.29) is 36.7 Å². The van der Waals surface area contributed by atoms with Crippen LogP contribution < -0.4 is 0 Å². The molecule has 292 valence electrons. The quantitative estimate of drug-likeness (QED) is 0.284. The number of aliphatic hydroxyl groups excluding tert-OH is 3. The first kappa shape index (κ1) is 43.1. The van der Waals surface area contributed by atoms with E-state index in [0.29, 0.717) is 12.8 Å². The predicted octanol–water partition coefficient (Wildman–Crippen LogP) is 2.67. The van der Waals surface area contributed by atoms with E-state index in [1.807, 2.05) is 39.8 Å². The van der Waals surface area contributed by atoms with Gasteiger partial charge in [-0.25, -0.2) is 0 Å². The molecule has 3 aliphatic rings. The molecule has 1 unspecified atom stereocenters. The Balaban J connectivity index is 2.13. The minimum Gasteiger partial charge on any atom is -0.459 e. The standard InChI is InChI=1S/C37H67NO12/c1-14-26-37(10,44)32(41)21(5)28(39)18(2)15-19(3)30(50-35-29(40)25(38(11)12)16-20(4)46-35)22(6)31(23(7)34(43)48-26)49-27-17-36(9,45-13)33(42)24(8)47-27/h18-27,29-33,35,40-42,44H,14-17H2,1-13H3/t18-,19+,20-,21+,22-,23-,24+,25+,26-,27+,29-,30+,31?,32-,33+,35+,36-,37-/m1/s1. The Hall–Kier alpha value is -1.26. The first-order valence-electron chi connectivity index (χ1n) is 18.4. The topological polar surface area (TPSA) is 174 Å². The van der Waals surface area contributed by atoms with Crippen molar-refractivity contribution in [2.24, 2.45) is 29.6 Å². The lowest BCUT2D eigenvalue weighted by Crippen LogP contribution is -2.59. The van der Waals surface area contributed by atoms with Crippen LogP contribution in [0.1, 0.15) is 94.9 Å². The lowest BCUT2D eigenvalue weighted by molar-refractivity contribution is -0.309. The molecule has 0 saturated carbocycles. The Morgan fingerprint density at radius 2 is 1.50 bits per heavy atom. The molecule has 0 aliphatic carbocycles. The molecule has 0 amide bonds. The van der Waals surface area contributed by atoms with Crippen molar-refractivity contribution in [1.29, 1.82) is 0 Å². The number of ether oxygens (including phenoxy) is 6. The largest absolute Gasteiger partial charge is 0.459 e. The molecule has 4 N–H and O–H groups in total. The lowest BCUT2D eigenvalue weighted by Gasteiger charge is -2.47. The lowest BCUT2D eigenvalue weighted by atomic mass is 9.75. The highest BCUT2D eigenvalue weighted by molar-refractivity contribution is 5.83. The fraction of sp³-hybridized carbons (Fsp3) is 0.946. The number of likely N-dealkylation sites (N-methyl/N-ethyl adjacent to an activating group) is 1. The van der Waals surface area contributed by atoms with Crippen LogP contribution in [-0.4, -0.2) is 137 Å². The number of cyclic esters (lactones) is 1. The maximum atomic E-state index is 14.1. The van der Waals surface area contributed by atoms with E-state index in [2.05, 4.69) is 0 Å². The SMILES string of the molecule is CC[C@H]1OC(=O)[C@H](C)C(O[C@H]2C[C@@](C)(OC)[C@@H](O)[C@H](C)O2)[C@H](C)[C@@H](O[C@@H]2O[C@H](C)C[C@H](N(C)C)[C@H]2O)[C@@H](C)C[C@@H](C)C(=O)[C@H](C)[C@@H](O)[C@]1(C)O. The van der Waals surface area contributed by atoms with Crippen LogP contribution in [0.3, 0.4) is 0 Å². The van der Waals surface area contributed by atoms with Gasteiger partial charge in [-0.05, 0) is 73.9 Å². The molecule has 3 saturated heterocycles. The summed E-state index contributed by atoms with van der Waals surface area (Å²) >= 11 is 0. The van der Waals surface area contributed by atoms with E-state index >= 15 is 0 Å². The molecule has 18 atom stereocenters. The molecule has 0 aromatic rings. The van der Waals surface area contributed by atoms with Crippen molar-refractivity contribution in [2.45, 2.75) is 174 Å². The highest BCUT2D eigenvalue weighted by atomic mass is 16.7. The number of methoxy groups -OCH3 is 1. The zero-order chi connectivity index (χ0) is 38.0. The number of hydrogen-bond donors (Lipinski definition) is 4. The van der Waals surface area contributed by atoms with Gasteiger partial charge in [0.1, 0.15) is 29.7 Å². The second-order valence-electron chi connectivity index (χ2n) is 16.2. The van der Waals surface area contributed by atoms with E-state index in [4.69, 9.17) is 28.4 Å². The van der Waals surface area contributed by atoms with E-state index in [0.717, 1.165) is 0 Å². The van der Waals surface area contributed by atoms with Gasteiger partial charge < -0.3 is 53.7 Å². The highest BCUT2D eigenvalue weighted by Crippen LogP contribution is 2.39. The molecule has 3 rings (SSSR count). The molecule has 3 aliphatic heterocycles. The smallest absolute Gasteiger partial charge is 0.311 e. The molecule has 0 bridgehead atoms. The number of nitrogens with zero attached hydrogens (tertiary/aromatic N) is 1. The van der Waals surface area contributed by atoms with Crippen molar-refractivity contribution < 1.29 is 58.4 Å². The summed E-state index contributed by atoms with van der Waals surface area (Å²) in [5.74, 6) is -4.24. The van der Waals surface area contributed by atoms with Gasteiger partial charge in [-0.3, -0.25) is 9.59 Å². The van der Waals surface area contributed by atoms with Crippen molar-refractivity contribution in [1.82, 2.24) is 4.90 Å². The Morgan fingerprint density at radius 1 is 0.880 bits per heavy atom. The first-order chi connectivity index (χ1) is 23.1. The van der Waals surface area contributed by atoms with Crippen molar-refractivity contribution in [2.75, 3.05) is 21.2 Å². The van der Waals surface area contributed by atoms with Gasteiger partial charge in [0.05, 0.1) is 42.0 Å². The minimum atomic E-state index is -1.92. The number of aliphatic hydroxyl groups is 4. The summed E-state index contributed by atoms with van der Waals surface area (Å²) in [5, 5.41) is 45.2. The van der Waals surface area contributed by atoms with Crippen LogP contribution in [0.15, 0.2) is 0 Å². The number of rotatable bonds is 7. The van der Waals surface area contributed by atoms with Gasteiger partial charge in [0.25, 0.3) is 0 Å². The fourth-order valence-corrected chi connectivity index (χ4v) is 8.35. The third kappa shape index (κ3) is 9.26. The van der Waals surface area contributed by atoms with Gasteiger partial charge >= 0.3 is 5.97 Å². The minimum absolute atomic E-state index is 0.162. The van der Waals surface area contributed by atoms with Crippen LogP contribution >= 0.6 is 0 Å². The molecule has 3 heterocycles. The van der Waals surface area contributed by atoms with Crippen molar-refractivity contribution in [3.63, 3.8) is 0 Å². The molecule has 0 aromatic carbocycles. The first-order valence-corrected chi connectivity index (χ1v) is 18.4. The van der Waals surface area contributed by atoms with Gasteiger partial charge in [-0.15, -0.1) is 0 Å². The number of hydrogen-bond acceptors (Lipinski definition) is 13. The number of carbonyl (C=O) groups is 2. The Bertz CT molecular complexity index is 1120. The van der Waals surface area contributed by atoms with Gasteiger partial charge in [0, 0.05) is 37.3 Å². The molecule has 3 fully saturated rings. The average Bonchev–Trinajstić information content (AvgIpc) is 3.05. The summed E-state index contributed by atoms with van der Waals surface area (Å²) in [5.41, 5.74) is -2.92. The molecule has 13 heteroatoms. The van der Waals surface area contributed by atoms with Gasteiger partial charge in [0.15, 0.2) is 12.6 Å². The van der Waals surface area contributed by atoms with Crippen molar-refractivity contribution in [3.05, 3.63) is 0 Å². The number of ketones is 1. The summed E-state index contributed by atoms with van der Waals surface area (Å²) < 4.78 is 37.4. The molecule has 13 nitrogen and oxygen atoms in total. The van der Waals surface area contributed by atoms with E-state index in [1.54, 1.807) is 41.5 Å². The summed E-state index contributed by atoms with van der Waals surface area (Å²) in [4.78, 5) is 29.8. The maximum absolute atomic E-state index is 14.1. The molecular weight excluding hydrogens is 650 g/mol. The number of carbonyl (C=O) groups excluding carboxylic acids is 2. The third-order valence-electron chi connectivity index (χ3n) is 11.8. The summed E-state index contributed by atoms with van der Waals surface area (Å²) in [7, 11) is 5.30. The summed E-state index contributed by atoms with van der Waals surface area (Å²) in [6.45, 7) is 17.4. The van der Waals surface area contributed by atoms with Crippen LogP contribution in [0.25, 0.3) is 0 Å². The molecule has 0 radical (unpaired) electrons. The molecular formula is C37H67NO12. The number of Topliss-reactive ketones (excluding diaryl/α,β-unsaturated/α-hetero) is 1. The Morgan fingerprint density at radius 3 is 2.06 bits per heavy atom. The van der Waals surface area contributed by atoms with Gasteiger partial charge in [-0.1, -0.05) is 34.6 Å². The zero-order valence-corrected chi connectivity index (χ0v) is 32.6. The van der Waals surface area contributed by atoms with Crippen LogP contribution in [0.2, 0.25) is 0 Å². The van der Waals surface area contributed by atoms with Crippen LogP contribution in [-0.2, 0) is 38.0 Å². The molecule has 50 heavy (non-hydrogen) atoms. The van der Waals surface area contributed by atoms with Gasteiger partial charge in [-0.2, -0.15) is 0 Å². The highest BCUT2D eigenvalue weighted by Gasteiger charge is 2.51. The zero-order valence-electron chi connectivity index (χ0n) is 32.6. The second kappa shape index (κ2) is 17.3. The fourth-order valence-electron chi connectivity index (χ4n) is 8.35. The van der Waals surface area contributed by atoms with Gasteiger partial charge in [0.2, 0.25) is 0 Å². The van der Waals surface area contributed by atoms with Crippen LogP contribution in [0, 0.1) is 29.6 Å². The van der Waals surface area contributed by atoms with Crippen molar-refractivity contribution >= 4 is 11.8 Å². The van der Waals surface area contributed by atoms with E-state index in [1.165, 1.54) is 14.0 Å². The maximum Gasteiger partial charge on any atom is 0.311 e. The van der Waals surface area contributed by atoms with Crippen LogP contribution in [0.4, 0.5) is 0 Å². The second-order valence-corrected chi connectivity index (χ2v) is 16.2. The van der Waals surface area contributed by atoms with Crippen molar-refractivity contribution in [3.8, 4) is 0 Å². The summed E-state index contributed by atoms with van der Waals surface area (Å²) in [6.07, 6.45) is -7.62. The van der Waals surface area contributed by atoms with E-state index < -0.39 is 96.2 Å². The normalized spacial score (nSPS) is 49.0. The monoisotopic (exact) mass is 717 g/mol. The summed E-state index contributed by atoms with van der Waals surface area (Å²) in [6, 6.07) is -0.231. The average molecular weight is 718 g/mol. The molecule has 0 spiro atoms. The predicted molar refractivity (Wildman–Crippen MR) is 185 cm³/mol. The Kier molecular flexibility index (Phi) is 14.9. The third-order valence-corrected chi connectivity index (χ3v) is 11.8. The molecule has 0 aromatic heterocycles. The number of esters is 1. The van der Waals surface area contributed by atoms with E-state index in [9.17, 15) is 30.0 Å².